The zero-order valence-corrected chi connectivity index (χ0v) is 13.0. The van der Waals surface area contributed by atoms with Crippen molar-refractivity contribution in [1.29, 1.82) is 0 Å². The minimum atomic E-state index is 0.373. The summed E-state index contributed by atoms with van der Waals surface area (Å²) in [6.45, 7) is 2.33. The van der Waals surface area contributed by atoms with Crippen molar-refractivity contribution in [2.24, 2.45) is 0 Å². The lowest BCUT2D eigenvalue weighted by Gasteiger charge is -2.36. The topological polar surface area (TPSA) is 52.1 Å². The number of aryl methyl sites for hydroxylation is 1. The summed E-state index contributed by atoms with van der Waals surface area (Å²) < 4.78 is 0. The van der Waals surface area contributed by atoms with Crippen LogP contribution >= 0.6 is 0 Å². The van der Waals surface area contributed by atoms with Gasteiger partial charge in [0.05, 0.1) is 6.20 Å². The number of rotatable bonds is 6. The Balaban J connectivity index is 1.53. The first-order valence-corrected chi connectivity index (χ1v) is 8.31. The highest BCUT2D eigenvalue weighted by Crippen LogP contribution is 2.22. The van der Waals surface area contributed by atoms with Crippen LogP contribution in [0.2, 0.25) is 0 Å². The summed E-state index contributed by atoms with van der Waals surface area (Å²) >= 11 is 0. The standard InChI is InChI=1S/C18H25N3O/c22-18-6-3-4-15(12-18)7-8-17-5-1-2-10-21(17)11-9-16-13-19-20-14-16/h3-4,6,12-14,17,22H,1-2,5,7-11H2,(H,19,20). The van der Waals surface area contributed by atoms with Crippen LogP contribution in [-0.4, -0.2) is 39.3 Å². The van der Waals surface area contributed by atoms with E-state index in [0.717, 1.165) is 19.4 Å². The Hall–Kier alpha value is -1.81. The molecule has 22 heavy (non-hydrogen) atoms. The number of aromatic nitrogens is 2. The van der Waals surface area contributed by atoms with Gasteiger partial charge in [0.1, 0.15) is 5.75 Å². The highest BCUT2D eigenvalue weighted by Gasteiger charge is 2.21. The van der Waals surface area contributed by atoms with Gasteiger partial charge in [0.25, 0.3) is 0 Å². The molecule has 3 rings (SSSR count). The third kappa shape index (κ3) is 4.10. The number of nitrogens with one attached hydrogen (secondary N) is 1. The molecule has 2 N–H and O–H groups in total. The van der Waals surface area contributed by atoms with E-state index < -0.39 is 0 Å². The molecular weight excluding hydrogens is 274 g/mol. The Morgan fingerprint density at radius 2 is 2.18 bits per heavy atom. The molecule has 1 aliphatic heterocycles. The summed E-state index contributed by atoms with van der Waals surface area (Å²) in [6, 6.07) is 8.34. The van der Waals surface area contributed by atoms with Gasteiger partial charge in [-0.3, -0.25) is 5.10 Å². The minimum absolute atomic E-state index is 0.373. The Kier molecular flexibility index (Phi) is 5.11. The SMILES string of the molecule is Oc1cccc(CCC2CCCCN2CCc2cn[nH]c2)c1. The number of likely N-dealkylation sites (tertiary alicyclic amines) is 1. The quantitative estimate of drug-likeness (QED) is 0.861. The average Bonchev–Trinajstić information content (AvgIpc) is 3.05. The molecule has 0 radical (unpaired) electrons. The van der Waals surface area contributed by atoms with E-state index in [1.54, 1.807) is 6.07 Å². The molecule has 0 spiro atoms. The molecule has 1 atom stereocenters. The number of piperidine rings is 1. The molecule has 4 nitrogen and oxygen atoms in total. The molecule has 1 unspecified atom stereocenters. The van der Waals surface area contributed by atoms with Gasteiger partial charge in [-0.2, -0.15) is 5.10 Å². The number of phenolic OH excluding ortho intramolecular Hbond substituents is 1. The van der Waals surface area contributed by atoms with Gasteiger partial charge < -0.3 is 10.0 Å². The zero-order chi connectivity index (χ0) is 15.2. The molecule has 2 heterocycles. The average molecular weight is 299 g/mol. The Labute approximate surface area is 132 Å². The lowest BCUT2D eigenvalue weighted by molar-refractivity contribution is 0.142. The van der Waals surface area contributed by atoms with E-state index in [1.807, 2.05) is 24.5 Å². The lowest BCUT2D eigenvalue weighted by Crippen LogP contribution is -2.40. The van der Waals surface area contributed by atoms with Crippen LogP contribution in [0.3, 0.4) is 0 Å². The van der Waals surface area contributed by atoms with Crippen LogP contribution in [-0.2, 0) is 12.8 Å². The molecule has 1 aromatic carbocycles. The molecule has 1 saturated heterocycles. The number of benzene rings is 1. The monoisotopic (exact) mass is 299 g/mol. The first kappa shape index (κ1) is 15.1. The predicted molar refractivity (Wildman–Crippen MR) is 87.9 cm³/mol. The second kappa shape index (κ2) is 7.45. The van der Waals surface area contributed by atoms with Crippen LogP contribution in [0.4, 0.5) is 0 Å². The van der Waals surface area contributed by atoms with Crippen molar-refractivity contribution < 1.29 is 5.11 Å². The van der Waals surface area contributed by atoms with Crippen molar-refractivity contribution in [2.45, 2.75) is 44.6 Å². The number of H-pyrrole nitrogens is 1. The fourth-order valence-corrected chi connectivity index (χ4v) is 3.41. The van der Waals surface area contributed by atoms with Crippen molar-refractivity contribution in [3.63, 3.8) is 0 Å². The van der Waals surface area contributed by atoms with Crippen LogP contribution in [0.25, 0.3) is 0 Å². The third-order valence-electron chi connectivity index (χ3n) is 4.67. The number of phenols is 1. The van der Waals surface area contributed by atoms with Gasteiger partial charge >= 0.3 is 0 Å². The molecule has 0 aliphatic carbocycles. The molecule has 2 aromatic rings. The smallest absolute Gasteiger partial charge is 0.115 e. The predicted octanol–water partition coefficient (Wildman–Crippen LogP) is 3.15. The zero-order valence-electron chi connectivity index (χ0n) is 13.0. The normalized spacial score (nSPS) is 19.4. The van der Waals surface area contributed by atoms with Crippen LogP contribution < -0.4 is 0 Å². The van der Waals surface area contributed by atoms with Gasteiger partial charge in [0.2, 0.25) is 0 Å². The van der Waals surface area contributed by atoms with E-state index in [9.17, 15) is 5.11 Å². The van der Waals surface area contributed by atoms with E-state index in [1.165, 1.54) is 43.4 Å². The molecule has 1 aromatic heterocycles. The Bertz CT molecular complexity index is 567. The van der Waals surface area contributed by atoms with Crippen molar-refractivity contribution in [3.8, 4) is 5.75 Å². The highest BCUT2D eigenvalue weighted by molar-refractivity contribution is 5.27. The first-order chi connectivity index (χ1) is 10.8. The summed E-state index contributed by atoms with van der Waals surface area (Å²) in [5, 5.41) is 16.5. The van der Waals surface area contributed by atoms with E-state index >= 15 is 0 Å². The second-order valence-corrected chi connectivity index (χ2v) is 6.25. The Morgan fingerprint density at radius 1 is 1.23 bits per heavy atom. The fraction of sp³-hybridized carbons (Fsp3) is 0.500. The summed E-state index contributed by atoms with van der Waals surface area (Å²) in [7, 11) is 0. The fourth-order valence-electron chi connectivity index (χ4n) is 3.41. The number of hydrogen-bond acceptors (Lipinski definition) is 3. The van der Waals surface area contributed by atoms with Gasteiger partial charge in [-0.1, -0.05) is 18.6 Å². The summed E-state index contributed by atoms with van der Waals surface area (Å²) in [5.74, 6) is 0.373. The highest BCUT2D eigenvalue weighted by atomic mass is 16.3. The molecule has 0 amide bonds. The van der Waals surface area contributed by atoms with Gasteiger partial charge in [-0.05, 0) is 61.9 Å². The van der Waals surface area contributed by atoms with Crippen LogP contribution in [0, 0.1) is 0 Å². The number of aromatic hydroxyl groups is 1. The molecule has 0 bridgehead atoms. The number of aromatic amines is 1. The molecular formula is C18H25N3O. The van der Waals surface area contributed by atoms with E-state index in [2.05, 4.69) is 21.2 Å². The van der Waals surface area contributed by atoms with Crippen molar-refractivity contribution in [1.82, 2.24) is 15.1 Å². The van der Waals surface area contributed by atoms with Crippen molar-refractivity contribution in [2.75, 3.05) is 13.1 Å². The molecule has 118 valence electrons. The van der Waals surface area contributed by atoms with Crippen molar-refractivity contribution >= 4 is 0 Å². The summed E-state index contributed by atoms with van der Waals surface area (Å²) in [5.41, 5.74) is 2.53. The maximum Gasteiger partial charge on any atom is 0.115 e. The van der Waals surface area contributed by atoms with E-state index in [-0.39, 0.29) is 0 Å². The summed E-state index contributed by atoms with van der Waals surface area (Å²) in [6.07, 6.45) is 11.2. The number of hydrogen-bond donors (Lipinski definition) is 2. The Morgan fingerprint density at radius 3 is 3.00 bits per heavy atom. The van der Waals surface area contributed by atoms with Crippen molar-refractivity contribution in [3.05, 3.63) is 47.8 Å². The molecule has 1 fully saturated rings. The summed E-state index contributed by atoms with van der Waals surface area (Å²) in [4.78, 5) is 2.64. The maximum absolute atomic E-state index is 9.57. The molecule has 4 heteroatoms. The second-order valence-electron chi connectivity index (χ2n) is 6.25. The third-order valence-corrected chi connectivity index (χ3v) is 4.67. The molecule has 1 aliphatic rings. The van der Waals surface area contributed by atoms with E-state index in [0.29, 0.717) is 11.8 Å². The van der Waals surface area contributed by atoms with Gasteiger partial charge in [0, 0.05) is 18.8 Å². The van der Waals surface area contributed by atoms with Crippen LogP contribution in [0.15, 0.2) is 36.7 Å². The lowest BCUT2D eigenvalue weighted by atomic mass is 9.95. The minimum Gasteiger partial charge on any atom is -0.508 e. The van der Waals surface area contributed by atoms with Crippen LogP contribution in [0.5, 0.6) is 5.75 Å². The van der Waals surface area contributed by atoms with Gasteiger partial charge in [-0.15, -0.1) is 0 Å². The van der Waals surface area contributed by atoms with Gasteiger partial charge in [0.15, 0.2) is 0 Å². The first-order valence-electron chi connectivity index (χ1n) is 8.31. The largest absolute Gasteiger partial charge is 0.508 e. The maximum atomic E-state index is 9.57. The molecule has 0 saturated carbocycles. The number of nitrogens with zero attached hydrogens (tertiary/aromatic N) is 2. The van der Waals surface area contributed by atoms with Crippen LogP contribution in [0.1, 0.15) is 36.8 Å². The van der Waals surface area contributed by atoms with Gasteiger partial charge in [-0.25, -0.2) is 0 Å². The van der Waals surface area contributed by atoms with E-state index in [4.69, 9.17) is 0 Å².